The van der Waals surface area contributed by atoms with Crippen molar-refractivity contribution in [2.24, 2.45) is 28.6 Å². The highest BCUT2D eigenvalue weighted by atomic mass is 14.7. The molecule has 0 heteroatoms. The number of hydrogen-bond acceptors (Lipinski definition) is 0. The van der Waals surface area contributed by atoms with Crippen LogP contribution < -0.4 is 0 Å². The summed E-state index contributed by atoms with van der Waals surface area (Å²) in [7, 11) is 0. The minimum absolute atomic E-state index is 0.641. The first-order valence-corrected chi connectivity index (χ1v) is 5.94. The van der Waals surface area contributed by atoms with Crippen LogP contribution in [0.1, 0.15) is 53.9 Å². The molecule has 0 radical (unpaired) electrons. The molecule has 0 saturated heterocycles. The second-order valence-corrected chi connectivity index (χ2v) is 6.27. The highest BCUT2D eigenvalue weighted by molar-refractivity contribution is 5.13. The normalized spacial score (nSPS) is 52.8. The number of hydrogen-bond donors (Lipinski definition) is 0. The van der Waals surface area contributed by atoms with Crippen molar-refractivity contribution in [3.63, 3.8) is 0 Å². The van der Waals surface area contributed by atoms with Gasteiger partial charge in [0.2, 0.25) is 0 Å². The predicted octanol–water partition coefficient (Wildman–Crippen LogP) is 4.10. The Balaban J connectivity index is 2.30. The van der Waals surface area contributed by atoms with Crippen LogP contribution in [0.5, 0.6) is 0 Å². The molecule has 0 aliphatic heterocycles. The monoisotopic (exact) mass is 180 g/mol. The predicted molar refractivity (Wildman–Crippen MR) is 57.6 cm³/mol. The molecule has 13 heavy (non-hydrogen) atoms. The van der Waals surface area contributed by atoms with Gasteiger partial charge in [0.05, 0.1) is 0 Å². The van der Waals surface area contributed by atoms with Gasteiger partial charge in [-0.2, -0.15) is 0 Å². The summed E-state index contributed by atoms with van der Waals surface area (Å²) in [6.45, 7) is 12.4. The summed E-state index contributed by atoms with van der Waals surface area (Å²) >= 11 is 0. The third kappa shape index (κ3) is 0.926. The Hall–Kier alpha value is 0. The quantitative estimate of drug-likeness (QED) is 0.570. The average Bonchev–Trinajstić information content (AvgIpc) is 2.02. The minimum Gasteiger partial charge on any atom is -0.0648 e. The lowest BCUT2D eigenvalue weighted by Gasteiger charge is -2.71. The molecule has 0 spiro atoms. The highest BCUT2D eigenvalue weighted by Crippen LogP contribution is 2.72. The van der Waals surface area contributed by atoms with Crippen LogP contribution in [-0.2, 0) is 0 Å². The van der Waals surface area contributed by atoms with Crippen molar-refractivity contribution in [2.75, 3.05) is 0 Å². The molecule has 0 N–H and O–H groups in total. The molecule has 0 nitrogen and oxygen atoms in total. The molecule has 3 aliphatic carbocycles. The maximum Gasteiger partial charge on any atom is -0.0259 e. The summed E-state index contributed by atoms with van der Waals surface area (Å²) in [5.74, 6) is 2.96. The van der Waals surface area contributed by atoms with Crippen molar-refractivity contribution in [3.05, 3.63) is 0 Å². The second kappa shape index (κ2) is 2.52. The summed E-state index contributed by atoms with van der Waals surface area (Å²) < 4.78 is 0. The summed E-state index contributed by atoms with van der Waals surface area (Å²) in [6, 6.07) is 0. The molecular weight excluding hydrogens is 156 g/mol. The highest BCUT2D eigenvalue weighted by Gasteiger charge is 2.65. The minimum atomic E-state index is 0.641. The Morgan fingerprint density at radius 3 is 2.08 bits per heavy atom. The Morgan fingerprint density at radius 2 is 1.77 bits per heavy atom. The third-order valence-electron chi connectivity index (χ3n) is 5.45. The van der Waals surface area contributed by atoms with E-state index in [4.69, 9.17) is 0 Å². The molecule has 0 aromatic carbocycles. The van der Waals surface area contributed by atoms with Crippen molar-refractivity contribution in [1.82, 2.24) is 0 Å². The molecule has 0 heterocycles. The van der Waals surface area contributed by atoms with Crippen molar-refractivity contribution in [2.45, 2.75) is 53.9 Å². The fourth-order valence-electron chi connectivity index (χ4n) is 5.18. The van der Waals surface area contributed by atoms with Gasteiger partial charge in [0.1, 0.15) is 0 Å². The van der Waals surface area contributed by atoms with Crippen LogP contribution in [0.2, 0.25) is 0 Å². The first kappa shape index (κ1) is 9.55. The summed E-state index contributed by atoms with van der Waals surface area (Å²) in [5.41, 5.74) is 1.32. The summed E-state index contributed by atoms with van der Waals surface area (Å²) in [6.07, 6.45) is 4.35. The standard InChI is InChI=1S/C13H24/c1-6-13(5)10-8-7-9(2)11(13)12(10,3)4/h9-11H,6-8H2,1-5H3. The van der Waals surface area contributed by atoms with Gasteiger partial charge in [-0.1, -0.05) is 47.5 Å². The lowest BCUT2D eigenvalue weighted by molar-refractivity contribution is -0.231. The van der Waals surface area contributed by atoms with Gasteiger partial charge in [0, 0.05) is 0 Å². The summed E-state index contributed by atoms with van der Waals surface area (Å²) in [4.78, 5) is 0. The first-order chi connectivity index (χ1) is 5.94. The van der Waals surface area contributed by atoms with E-state index in [1.54, 1.807) is 0 Å². The first-order valence-electron chi connectivity index (χ1n) is 5.94. The van der Waals surface area contributed by atoms with Gasteiger partial charge in [-0.25, -0.2) is 0 Å². The molecule has 0 aromatic rings. The fourth-order valence-corrected chi connectivity index (χ4v) is 5.18. The van der Waals surface area contributed by atoms with Gasteiger partial charge >= 0.3 is 0 Å². The van der Waals surface area contributed by atoms with E-state index < -0.39 is 0 Å². The molecular formula is C13H24. The zero-order valence-corrected chi connectivity index (χ0v) is 9.85. The molecule has 0 aromatic heterocycles. The van der Waals surface area contributed by atoms with Crippen LogP contribution >= 0.6 is 0 Å². The van der Waals surface area contributed by atoms with E-state index in [9.17, 15) is 0 Å². The smallest absolute Gasteiger partial charge is 0.0259 e. The van der Waals surface area contributed by atoms with E-state index in [-0.39, 0.29) is 0 Å². The fraction of sp³-hybridized carbons (Fsp3) is 1.00. The van der Waals surface area contributed by atoms with Crippen LogP contribution in [-0.4, -0.2) is 0 Å². The van der Waals surface area contributed by atoms with Gasteiger partial charge in [-0.15, -0.1) is 0 Å². The van der Waals surface area contributed by atoms with E-state index in [0.717, 1.165) is 17.8 Å². The Kier molecular flexibility index (Phi) is 1.85. The topological polar surface area (TPSA) is 0 Å². The SMILES string of the molecule is CCC1(C)C2CCC(C)C1C2(C)C. The van der Waals surface area contributed by atoms with E-state index in [0.29, 0.717) is 10.8 Å². The zero-order chi connectivity index (χ0) is 9.85. The van der Waals surface area contributed by atoms with Crippen LogP contribution in [0, 0.1) is 28.6 Å². The van der Waals surface area contributed by atoms with Gasteiger partial charge in [-0.3, -0.25) is 0 Å². The van der Waals surface area contributed by atoms with E-state index in [1.807, 2.05) is 0 Å². The molecule has 3 fully saturated rings. The molecule has 2 bridgehead atoms. The van der Waals surface area contributed by atoms with Crippen molar-refractivity contribution >= 4 is 0 Å². The van der Waals surface area contributed by atoms with E-state index in [1.165, 1.54) is 19.3 Å². The van der Waals surface area contributed by atoms with Gasteiger partial charge in [0.15, 0.2) is 0 Å². The Bertz CT molecular complexity index is 216. The van der Waals surface area contributed by atoms with Gasteiger partial charge in [0.25, 0.3) is 0 Å². The molecule has 0 amide bonds. The molecule has 4 unspecified atom stereocenters. The van der Waals surface area contributed by atoms with Gasteiger partial charge in [-0.05, 0) is 35.0 Å². The van der Waals surface area contributed by atoms with E-state index >= 15 is 0 Å². The second-order valence-electron chi connectivity index (χ2n) is 6.27. The van der Waals surface area contributed by atoms with Crippen LogP contribution in [0.3, 0.4) is 0 Å². The maximum atomic E-state index is 2.53. The van der Waals surface area contributed by atoms with Gasteiger partial charge < -0.3 is 0 Å². The van der Waals surface area contributed by atoms with Crippen molar-refractivity contribution < 1.29 is 0 Å². The van der Waals surface area contributed by atoms with Crippen LogP contribution in [0.4, 0.5) is 0 Å². The van der Waals surface area contributed by atoms with Crippen molar-refractivity contribution in [1.29, 1.82) is 0 Å². The van der Waals surface area contributed by atoms with Crippen LogP contribution in [0.15, 0.2) is 0 Å². The maximum absolute atomic E-state index is 2.53. The molecule has 3 saturated carbocycles. The Labute approximate surface area is 83.1 Å². The van der Waals surface area contributed by atoms with E-state index in [2.05, 4.69) is 34.6 Å². The number of fused-ring (bicyclic) bond motifs is 2. The van der Waals surface area contributed by atoms with Crippen LogP contribution in [0.25, 0.3) is 0 Å². The lowest BCUT2D eigenvalue weighted by atomic mass is 9.33. The molecule has 3 rings (SSSR count). The Morgan fingerprint density at radius 1 is 1.15 bits per heavy atom. The number of rotatable bonds is 1. The van der Waals surface area contributed by atoms with Crippen molar-refractivity contribution in [3.8, 4) is 0 Å². The summed E-state index contributed by atoms with van der Waals surface area (Å²) in [5, 5.41) is 0. The lowest BCUT2D eigenvalue weighted by Crippen LogP contribution is -2.65. The average molecular weight is 180 g/mol. The third-order valence-corrected chi connectivity index (χ3v) is 5.45. The molecule has 4 atom stereocenters. The largest absolute Gasteiger partial charge is 0.0648 e. The molecule has 3 aliphatic rings. The molecule has 76 valence electrons. The zero-order valence-electron chi connectivity index (χ0n) is 9.85.